The molecule has 0 aromatic heterocycles. The second-order valence-corrected chi connectivity index (χ2v) is 8.50. The quantitative estimate of drug-likeness (QED) is 0.364. The van der Waals surface area contributed by atoms with Crippen LogP contribution in [0.15, 0.2) is 66.7 Å². The second kappa shape index (κ2) is 10.7. The van der Waals surface area contributed by atoms with Crippen molar-refractivity contribution < 1.29 is 18.3 Å². The molecule has 0 saturated heterocycles. The predicted octanol–water partition coefficient (Wildman–Crippen LogP) is 7.49. The van der Waals surface area contributed by atoms with Gasteiger partial charge in [-0.25, -0.2) is 8.78 Å². The average molecular weight is 437 g/mol. The van der Waals surface area contributed by atoms with Crippen LogP contribution in [0.4, 0.5) is 8.78 Å². The van der Waals surface area contributed by atoms with Crippen molar-refractivity contribution in [2.75, 3.05) is 0 Å². The van der Waals surface area contributed by atoms with Crippen molar-refractivity contribution >= 4 is 0 Å². The van der Waals surface area contributed by atoms with Crippen LogP contribution in [0.25, 0.3) is 11.1 Å². The van der Waals surface area contributed by atoms with Gasteiger partial charge in [-0.3, -0.25) is 0 Å². The van der Waals surface area contributed by atoms with Gasteiger partial charge >= 0.3 is 0 Å². The fourth-order valence-electron chi connectivity index (χ4n) is 4.37. The van der Waals surface area contributed by atoms with Crippen LogP contribution in [-0.4, -0.2) is 12.2 Å². The Bertz CT molecular complexity index is 1030. The molecule has 2 nitrogen and oxygen atoms in total. The minimum atomic E-state index is -0.232. The topological polar surface area (TPSA) is 18.5 Å². The standard InChI is InChI=1S/C28H30F2O2/c1-2-6-20-11-12-26(18-27(20)21-8-5-9-23(29)17-21)32-25-15-13-24(14-16-25)31-19-22-7-3-4-10-28(22)30/h3-5,7-12,17-18,24-25H,2,6,13-16,19H2,1H3. The van der Waals surface area contributed by atoms with Gasteiger partial charge < -0.3 is 9.47 Å². The van der Waals surface area contributed by atoms with E-state index in [-0.39, 0.29) is 23.8 Å². The molecule has 0 atom stereocenters. The van der Waals surface area contributed by atoms with E-state index >= 15 is 0 Å². The summed E-state index contributed by atoms with van der Waals surface area (Å²) < 4.78 is 39.8. The van der Waals surface area contributed by atoms with E-state index in [0.29, 0.717) is 12.2 Å². The highest BCUT2D eigenvalue weighted by Gasteiger charge is 2.23. The molecule has 0 amide bonds. The van der Waals surface area contributed by atoms with Crippen LogP contribution in [0.5, 0.6) is 5.75 Å². The normalized spacial score (nSPS) is 18.5. The largest absolute Gasteiger partial charge is 0.490 e. The first-order chi connectivity index (χ1) is 15.6. The second-order valence-electron chi connectivity index (χ2n) is 8.50. The molecule has 0 heterocycles. The monoisotopic (exact) mass is 436 g/mol. The van der Waals surface area contributed by atoms with Crippen molar-refractivity contribution in [2.45, 2.75) is 64.3 Å². The van der Waals surface area contributed by atoms with E-state index in [4.69, 9.17) is 9.47 Å². The maximum absolute atomic E-state index is 13.8. The number of ether oxygens (including phenoxy) is 2. The van der Waals surface area contributed by atoms with Crippen molar-refractivity contribution in [1.82, 2.24) is 0 Å². The molecule has 0 bridgehead atoms. The summed E-state index contributed by atoms with van der Waals surface area (Å²) in [4.78, 5) is 0. The van der Waals surface area contributed by atoms with Crippen LogP contribution in [-0.2, 0) is 17.8 Å². The van der Waals surface area contributed by atoms with Crippen LogP contribution < -0.4 is 4.74 Å². The lowest BCUT2D eigenvalue weighted by molar-refractivity contribution is -0.00756. The molecule has 0 unspecified atom stereocenters. The molecule has 1 aliphatic rings. The van der Waals surface area contributed by atoms with Crippen molar-refractivity contribution in [1.29, 1.82) is 0 Å². The van der Waals surface area contributed by atoms with Crippen molar-refractivity contribution in [2.24, 2.45) is 0 Å². The highest BCUT2D eigenvalue weighted by molar-refractivity contribution is 5.69. The summed E-state index contributed by atoms with van der Waals surface area (Å²) in [6.45, 7) is 2.45. The van der Waals surface area contributed by atoms with Crippen molar-refractivity contribution in [3.05, 3.63) is 89.5 Å². The highest BCUT2D eigenvalue weighted by atomic mass is 19.1. The van der Waals surface area contributed by atoms with E-state index < -0.39 is 0 Å². The lowest BCUT2D eigenvalue weighted by Gasteiger charge is -2.29. The number of benzene rings is 3. The summed E-state index contributed by atoms with van der Waals surface area (Å²) in [6, 6.07) is 19.7. The zero-order chi connectivity index (χ0) is 22.3. The molecule has 1 saturated carbocycles. The van der Waals surface area contributed by atoms with Crippen LogP contribution in [0, 0.1) is 11.6 Å². The van der Waals surface area contributed by atoms with Gasteiger partial charge in [-0.15, -0.1) is 0 Å². The predicted molar refractivity (Wildman–Crippen MR) is 124 cm³/mol. The highest BCUT2D eigenvalue weighted by Crippen LogP contribution is 2.32. The third-order valence-corrected chi connectivity index (χ3v) is 6.09. The molecule has 0 aliphatic heterocycles. The molecular formula is C28H30F2O2. The van der Waals surface area contributed by atoms with Crippen LogP contribution in [0.2, 0.25) is 0 Å². The fourth-order valence-corrected chi connectivity index (χ4v) is 4.37. The fraction of sp³-hybridized carbons (Fsp3) is 0.357. The van der Waals surface area contributed by atoms with E-state index in [1.165, 1.54) is 17.7 Å². The van der Waals surface area contributed by atoms with Gasteiger partial charge in [0, 0.05) is 5.56 Å². The lowest BCUT2D eigenvalue weighted by Crippen LogP contribution is -2.28. The first-order valence-corrected chi connectivity index (χ1v) is 11.5. The molecule has 0 spiro atoms. The Labute approximate surface area is 189 Å². The van der Waals surface area contributed by atoms with E-state index in [0.717, 1.165) is 55.4 Å². The molecule has 1 fully saturated rings. The number of hydrogen-bond donors (Lipinski definition) is 0. The van der Waals surface area contributed by atoms with Gasteiger partial charge in [0.25, 0.3) is 0 Å². The van der Waals surface area contributed by atoms with E-state index in [9.17, 15) is 8.78 Å². The van der Waals surface area contributed by atoms with Crippen LogP contribution in [0.1, 0.15) is 50.2 Å². The zero-order valence-corrected chi connectivity index (χ0v) is 18.5. The van der Waals surface area contributed by atoms with Gasteiger partial charge in [0.2, 0.25) is 0 Å². The summed E-state index contributed by atoms with van der Waals surface area (Å²) in [5, 5.41) is 0. The zero-order valence-electron chi connectivity index (χ0n) is 18.5. The van der Waals surface area contributed by atoms with Gasteiger partial charge in [-0.05, 0) is 79.1 Å². The summed E-state index contributed by atoms with van der Waals surface area (Å²) >= 11 is 0. The maximum Gasteiger partial charge on any atom is 0.128 e. The van der Waals surface area contributed by atoms with Gasteiger partial charge in [0.05, 0.1) is 18.8 Å². The van der Waals surface area contributed by atoms with E-state index in [1.54, 1.807) is 24.3 Å². The third kappa shape index (κ3) is 5.74. The Balaban J connectivity index is 1.36. The minimum absolute atomic E-state index is 0.126. The smallest absolute Gasteiger partial charge is 0.128 e. The minimum Gasteiger partial charge on any atom is -0.490 e. The molecule has 0 radical (unpaired) electrons. The Kier molecular flexibility index (Phi) is 7.54. The first kappa shape index (κ1) is 22.5. The number of aryl methyl sites for hydroxylation is 1. The van der Waals surface area contributed by atoms with Gasteiger partial charge in [0.1, 0.15) is 17.4 Å². The molecule has 4 rings (SSSR count). The van der Waals surface area contributed by atoms with Crippen molar-refractivity contribution in [3.8, 4) is 16.9 Å². The average Bonchev–Trinajstić information content (AvgIpc) is 2.81. The Morgan fingerprint density at radius 3 is 2.34 bits per heavy atom. The summed E-state index contributed by atoms with van der Waals surface area (Å²) in [5.41, 5.74) is 3.72. The molecule has 168 valence electrons. The third-order valence-electron chi connectivity index (χ3n) is 6.09. The number of halogens is 2. The van der Waals surface area contributed by atoms with Gasteiger partial charge in [-0.2, -0.15) is 0 Å². The van der Waals surface area contributed by atoms with Crippen LogP contribution >= 0.6 is 0 Å². The SMILES string of the molecule is CCCc1ccc(OC2CCC(OCc3ccccc3F)CC2)cc1-c1cccc(F)c1. The maximum atomic E-state index is 13.8. The Morgan fingerprint density at radius 2 is 1.59 bits per heavy atom. The van der Waals surface area contributed by atoms with Crippen LogP contribution in [0.3, 0.4) is 0 Å². The summed E-state index contributed by atoms with van der Waals surface area (Å²) in [6.07, 6.45) is 5.80. The molecular weight excluding hydrogens is 406 g/mol. The summed E-state index contributed by atoms with van der Waals surface area (Å²) in [7, 11) is 0. The van der Waals surface area contributed by atoms with Crippen molar-refractivity contribution in [3.63, 3.8) is 0 Å². The first-order valence-electron chi connectivity index (χ1n) is 11.5. The Hall–Kier alpha value is -2.72. The number of hydrogen-bond acceptors (Lipinski definition) is 2. The van der Waals surface area contributed by atoms with E-state index in [1.807, 2.05) is 24.3 Å². The summed E-state index contributed by atoms with van der Waals surface area (Å²) in [5.74, 6) is 0.370. The molecule has 0 N–H and O–H groups in total. The molecule has 3 aromatic rings. The number of rotatable bonds is 8. The van der Waals surface area contributed by atoms with Gasteiger partial charge in [-0.1, -0.05) is 49.7 Å². The van der Waals surface area contributed by atoms with E-state index in [2.05, 4.69) is 13.0 Å². The molecule has 32 heavy (non-hydrogen) atoms. The molecule has 1 aliphatic carbocycles. The Morgan fingerprint density at radius 1 is 0.812 bits per heavy atom. The molecule has 3 aromatic carbocycles. The van der Waals surface area contributed by atoms with Gasteiger partial charge in [0.15, 0.2) is 0 Å². The molecule has 4 heteroatoms. The lowest BCUT2D eigenvalue weighted by atomic mass is 9.94.